The van der Waals surface area contributed by atoms with Gasteiger partial charge in [0.15, 0.2) is 0 Å². The minimum Gasteiger partial charge on any atom is -0.444 e. The van der Waals surface area contributed by atoms with Gasteiger partial charge in [0.05, 0.1) is 10.5 Å². The summed E-state index contributed by atoms with van der Waals surface area (Å²) in [4.78, 5) is 26.5. The Bertz CT molecular complexity index is 962. The number of ether oxygens (including phenoxy) is 1. The van der Waals surface area contributed by atoms with E-state index >= 15 is 0 Å². The predicted molar refractivity (Wildman–Crippen MR) is 110 cm³/mol. The topological polar surface area (TPSA) is 92.8 Å². The van der Waals surface area contributed by atoms with Crippen LogP contribution in [0.2, 0.25) is 0 Å². The summed E-state index contributed by atoms with van der Waals surface area (Å²) in [6, 6.07) is 14.1. The Labute approximate surface area is 171 Å². The summed E-state index contributed by atoms with van der Waals surface area (Å²) in [7, 11) is -0.559. The van der Waals surface area contributed by atoms with Crippen LogP contribution >= 0.6 is 0 Å². The van der Waals surface area contributed by atoms with Crippen molar-refractivity contribution in [2.45, 2.75) is 37.3 Å². The summed E-state index contributed by atoms with van der Waals surface area (Å²) in [5, 5.41) is 0. The highest BCUT2D eigenvalue weighted by atomic mass is 32.2. The number of likely N-dealkylation sites (N-methyl/N-ethyl adjacent to an activating group) is 1. The van der Waals surface area contributed by atoms with Crippen LogP contribution in [0, 0.1) is 0 Å². The summed E-state index contributed by atoms with van der Waals surface area (Å²) in [6.07, 6.45) is -1.09. The minimum absolute atomic E-state index is 0.0351. The molecule has 0 unspecified atom stereocenters. The Morgan fingerprint density at radius 2 is 1.52 bits per heavy atom. The lowest BCUT2D eigenvalue weighted by atomic mass is 10.1. The molecule has 0 saturated carbocycles. The molecular formula is C21H26N2O5S. The van der Waals surface area contributed by atoms with Crippen molar-refractivity contribution in [2.24, 2.45) is 0 Å². The number of hydrogen-bond donors (Lipinski definition) is 1. The lowest BCUT2D eigenvalue weighted by Gasteiger charge is -2.21. The molecule has 2 aromatic rings. The minimum atomic E-state index is -3.71. The number of carbonyl (C=O) groups excluding carboxylic acids is 2. The molecule has 0 bridgehead atoms. The summed E-state index contributed by atoms with van der Waals surface area (Å²) in [6.45, 7) is 5.21. The lowest BCUT2D eigenvalue weighted by molar-refractivity contribution is -0.138. The molecule has 1 amide bonds. The third kappa shape index (κ3) is 6.13. The highest BCUT2D eigenvalue weighted by molar-refractivity contribution is 7.89. The quantitative estimate of drug-likeness (QED) is 0.728. The number of nitrogens with one attached hydrogen (secondary N) is 1. The first-order chi connectivity index (χ1) is 13.4. The van der Waals surface area contributed by atoms with Crippen molar-refractivity contribution >= 4 is 21.9 Å². The van der Waals surface area contributed by atoms with E-state index in [1.807, 2.05) is 0 Å². The van der Waals surface area contributed by atoms with Crippen molar-refractivity contribution in [1.82, 2.24) is 9.62 Å². The van der Waals surface area contributed by atoms with Gasteiger partial charge < -0.3 is 9.64 Å². The SMILES string of the molecule is CN(C)C(=O)[C@@H](OC(=O)c1ccc(S(=O)(=O)NC(C)(C)C)cc1)c1ccccc1. The van der Waals surface area contributed by atoms with Crippen LogP contribution in [0.1, 0.15) is 42.8 Å². The van der Waals surface area contributed by atoms with Gasteiger partial charge in [0.25, 0.3) is 5.91 Å². The molecule has 1 atom stereocenters. The van der Waals surface area contributed by atoms with E-state index in [2.05, 4.69) is 4.72 Å². The molecule has 0 spiro atoms. The van der Waals surface area contributed by atoms with Crippen molar-refractivity contribution in [3.63, 3.8) is 0 Å². The fraction of sp³-hybridized carbons (Fsp3) is 0.333. The Hall–Kier alpha value is -2.71. The molecule has 29 heavy (non-hydrogen) atoms. The molecule has 7 nitrogen and oxygen atoms in total. The Morgan fingerprint density at radius 3 is 2.00 bits per heavy atom. The molecule has 0 aliphatic rings. The van der Waals surface area contributed by atoms with Crippen molar-refractivity contribution < 1.29 is 22.7 Å². The zero-order valence-corrected chi connectivity index (χ0v) is 18.0. The molecule has 0 radical (unpaired) electrons. The fourth-order valence-corrected chi connectivity index (χ4v) is 3.95. The van der Waals surface area contributed by atoms with Gasteiger partial charge in [-0.05, 0) is 45.0 Å². The zero-order chi connectivity index (χ0) is 21.8. The van der Waals surface area contributed by atoms with Crippen LogP contribution < -0.4 is 4.72 Å². The highest BCUT2D eigenvalue weighted by Crippen LogP contribution is 2.22. The molecule has 0 aliphatic carbocycles. The summed E-state index contributed by atoms with van der Waals surface area (Å²) >= 11 is 0. The van der Waals surface area contributed by atoms with Crippen LogP contribution in [0.4, 0.5) is 0 Å². The number of rotatable bonds is 6. The second-order valence-electron chi connectivity index (χ2n) is 7.81. The number of hydrogen-bond acceptors (Lipinski definition) is 5. The number of carbonyl (C=O) groups is 2. The predicted octanol–water partition coefficient (Wildman–Crippen LogP) is 2.75. The second kappa shape index (κ2) is 8.75. The van der Waals surface area contributed by atoms with Crippen molar-refractivity contribution in [3.05, 3.63) is 65.7 Å². The molecule has 2 rings (SSSR count). The van der Waals surface area contributed by atoms with Crippen LogP contribution in [0.25, 0.3) is 0 Å². The maximum absolute atomic E-state index is 12.6. The highest BCUT2D eigenvalue weighted by Gasteiger charge is 2.27. The molecule has 0 aliphatic heterocycles. The van der Waals surface area contributed by atoms with E-state index in [1.165, 1.54) is 29.2 Å². The van der Waals surface area contributed by atoms with Crippen molar-refractivity contribution in [3.8, 4) is 0 Å². The van der Waals surface area contributed by atoms with Crippen LogP contribution in [0.5, 0.6) is 0 Å². The molecule has 1 N–H and O–H groups in total. The average molecular weight is 419 g/mol. The summed E-state index contributed by atoms with van der Waals surface area (Å²) < 4.78 is 32.8. The summed E-state index contributed by atoms with van der Waals surface area (Å²) in [5.74, 6) is -1.10. The average Bonchev–Trinajstić information content (AvgIpc) is 2.64. The molecule has 0 heterocycles. The number of nitrogens with zero attached hydrogens (tertiary/aromatic N) is 1. The van der Waals surface area contributed by atoms with E-state index in [0.717, 1.165) is 0 Å². The first-order valence-electron chi connectivity index (χ1n) is 9.02. The third-order valence-corrected chi connectivity index (χ3v) is 5.61. The Kier molecular flexibility index (Phi) is 6.81. The van der Waals surface area contributed by atoms with E-state index in [1.54, 1.807) is 65.2 Å². The monoisotopic (exact) mass is 418 g/mol. The van der Waals surface area contributed by atoms with E-state index in [4.69, 9.17) is 4.74 Å². The van der Waals surface area contributed by atoms with Gasteiger partial charge in [-0.25, -0.2) is 17.9 Å². The van der Waals surface area contributed by atoms with Gasteiger partial charge in [-0.2, -0.15) is 0 Å². The molecular weight excluding hydrogens is 392 g/mol. The molecule has 0 saturated heterocycles. The number of esters is 1. The number of benzene rings is 2. The van der Waals surface area contributed by atoms with Gasteiger partial charge >= 0.3 is 5.97 Å². The van der Waals surface area contributed by atoms with Gasteiger partial charge in [0.2, 0.25) is 16.1 Å². The van der Waals surface area contributed by atoms with E-state index in [9.17, 15) is 18.0 Å². The first-order valence-corrected chi connectivity index (χ1v) is 10.5. The largest absolute Gasteiger partial charge is 0.444 e. The Balaban J connectivity index is 2.24. The molecule has 2 aromatic carbocycles. The van der Waals surface area contributed by atoms with Crippen LogP contribution in [0.15, 0.2) is 59.5 Å². The van der Waals surface area contributed by atoms with Crippen LogP contribution in [-0.4, -0.2) is 44.8 Å². The van der Waals surface area contributed by atoms with Crippen LogP contribution in [0.3, 0.4) is 0 Å². The van der Waals surface area contributed by atoms with Crippen molar-refractivity contribution in [1.29, 1.82) is 0 Å². The standard InChI is InChI=1S/C21H26N2O5S/c1-21(2,3)22-29(26,27)17-13-11-16(12-14-17)20(25)28-18(19(24)23(4)5)15-9-7-6-8-10-15/h6-14,18,22H,1-5H3/t18-/m0/s1. The lowest BCUT2D eigenvalue weighted by Crippen LogP contribution is -2.40. The van der Waals surface area contributed by atoms with E-state index in [0.29, 0.717) is 5.56 Å². The molecule has 0 fully saturated rings. The maximum atomic E-state index is 12.6. The fourth-order valence-electron chi connectivity index (χ4n) is 2.53. The Morgan fingerprint density at radius 1 is 0.966 bits per heavy atom. The first kappa shape index (κ1) is 22.6. The van der Waals surface area contributed by atoms with Gasteiger partial charge in [0.1, 0.15) is 0 Å². The molecule has 8 heteroatoms. The van der Waals surface area contributed by atoms with Crippen LogP contribution in [-0.2, 0) is 19.6 Å². The normalized spacial score (nSPS) is 12.9. The van der Waals surface area contributed by atoms with Gasteiger partial charge in [-0.15, -0.1) is 0 Å². The zero-order valence-electron chi connectivity index (χ0n) is 17.2. The molecule has 0 aromatic heterocycles. The van der Waals surface area contributed by atoms with Gasteiger partial charge in [-0.1, -0.05) is 30.3 Å². The van der Waals surface area contributed by atoms with Gasteiger partial charge in [0, 0.05) is 25.2 Å². The van der Waals surface area contributed by atoms with E-state index < -0.39 is 27.6 Å². The second-order valence-corrected chi connectivity index (χ2v) is 9.49. The summed E-state index contributed by atoms with van der Waals surface area (Å²) in [5.41, 5.74) is 0.0617. The maximum Gasteiger partial charge on any atom is 0.339 e. The smallest absolute Gasteiger partial charge is 0.339 e. The number of sulfonamides is 1. The van der Waals surface area contributed by atoms with E-state index in [-0.39, 0.29) is 16.4 Å². The number of amides is 1. The van der Waals surface area contributed by atoms with Gasteiger partial charge in [-0.3, -0.25) is 4.79 Å². The molecule has 156 valence electrons. The van der Waals surface area contributed by atoms with Crippen molar-refractivity contribution in [2.75, 3.05) is 14.1 Å². The third-order valence-electron chi connectivity index (χ3n) is 3.83.